The quantitative estimate of drug-likeness (QED) is 0.345. The molecule has 142 valence electrons. The first-order chi connectivity index (χ1) is 12.0. The average molecular weight is 369 g/mol. The van der Waals surface area contributed by atoms with Crippen LogP contribution < -0.4 is 0 Å². The summed E-state index contributed by atoms with van der Waals surface area (Å²) in [5, 5.41) is 0. The summed E-state index contributed by atoms with van der Waals surface area (Å²) in [4.78, 5) is 10.8. The molecule has 0 atom stereocenters. The highest BCUT2D eigenvalue weighted by atomic mass is 32.2. The zero-order chi connectivity index (χ0) is 18.5. The van der Waals surface area contributed by atoms with Crippen molar-refractivity contribution in [2.75, 3.05) is 0 Å². The van der Waals surface area contributed by atoms with Crippen molar-refractivity contribution >= 4 is 16.1 Å². The fourth-order valence-corrected chi connectivity index (χ4v) is 3.72. The molecule has 0 saturated carbocycles. The molecule has 1 aromatic carbocycles. The van der Waals surface area contributed by atoms with E-state index in [0.717, 1.165) is 25.3 Å². The van der Waals surface area contributed by atoms with E-state index in [1.807, 2.05) is 0 Å². The van der Waals surface area contributed by atoms with Gasteiger partial charge in [-0.2, -0.15) is 8.42 Å². The standard InChI is InChI=1S/C20H32O4S/c1-3-4-5-6-7-8-9-10-11-12-13-19-14-16-20(17-15-19)25(22,23)24-18(2)21/h14-17H,3-13H2,1-2H3. The molecule has 0 aliphatic rings. The number of hydrogen-bond donors (Lipinski definition) is 0. The van der Waals surface area contributed by atoms with Crippen LogP contribution in [0.3, 0.4) is 0 Å². The Balaban J connectivity index is 2.19. The minimum absolute atomic E-state index is 0.0227. The van der Waals surface area contributed by atoms with Crippen LogP contribution in [0.2, 0.25) is 0 Å². The molecule has 1 rings (SSSR count). The van der Waals surface area contributed by atoms with Gasteiger partial charge in [0.05, 0.1) is 0 Å². The van der Waals surface area contributed by atoms with Gasteiger partial charge in [-0.15, -0.1) is 0 Å². The third kappa shape index (κ3) is 9.63. The van der Waals surface area contributed by atoms with E-state index in [-0.39, 0.29) is 4.90 Å². The molecular formula is C20H32O4S. The maximum Gasteiger partial charge on any atom is 0.341 e. The summed E-state index contributed by atoms with van der Waals surface area (Å²) < 4.78 is 27.9. The number of carbonyl (C=O) groups is 1. The summed E-state index contributed by atoms with van der Waals surface area (Å²) in [6, 6.07) is 6.60. The molecule has 0 fully saturated rings. The SMILES string of the molecule is CCCCCCCCCCCCc1ccc(S(=O)(=O)OC(C)=O)cc1. The summed E-state index contributed by atoms with van der Waals surface area (Å²) in [6.45, 7) is 3.32. The molecule has 0 bridgehead atoms. The van der Waals surface area contributed by atoms with E-state index in [2.05, 4.69) is 11.1 Å². The third-order valence-corrected chi connectivity index (χ3v) is 5.56. The number of benzene rings is 1. The first kappa shape index (κ1) is 21.7. The van der Waals surface area contributed by atoms with Crippen LogP contribution in [0.1, 0.15) is 83.6 Å². The van der Waals surface area contributed by atoms with Gasteiger partial charge in [0.15, 0.2) is 0 Å². The minimum Gasteiger partial charge on any atom is -0.343 e. The van der Waals surface area contributed by atoms with Gasteiger partial charge in [-0.1, -0.05) is 76.8 Å². The third-order valence-electron chi connectivity index (χ3n) is 4.26. The van der Waals surface area contributed by atoms with Crippen molar-refractivity contribution in [3.63, 3.8) is 0 Å². The molecule has 0 aromatic heterocycles. The van der Waals surface area contributed by atoms with E-state index >= 15 is 0 Å². The van der Waals surface area contributed by atoms with Crippen LogP contribution in [0.15, 0.2) is 29.2 Å². The highest BCUT2D eigenvalue weighted by Gasteiger charge is 2.17. The van der Waals surface area contributed by atoms with E-state index in [1.165, 1.54) is 69.9 Å². The number of hydrogen-bond acceptors (Lipinski definition) is 4. The van der Waals surface area contributed by atoms with Crippen LogP contribution >= 0.6 is 0 Å². The molecule has 0 spiro atoms. The number of rotatable bonds is 13. The van der Waals surface area contributed by atoms with Gasteiger partial charge in [-0.25, -0.2) is 0 Å². The monoisotopic (exact) mass is 368 g/mol. The van der Waals surface area contributed by atoms with Crippen LogP contribution in [-0.4, -0.2) is 14.4 Å². The van der Waals surface area contributed by atoms with Gasteiger partial charge < -0.3 is 4.18 Å². The van der Waals surface area contributed by atoms with Gasteiger partial charge >= 0.3 is 16.1 Å². The van der Waals surface area contributed by atoms with Gasteiger partial charge in [0.1, 0.15) is 4.90 Å². The lowest BCUT2D eigenvalue weighted by atomic mass is 10.0. The summed E-state index contributed by atoms with van der Waals surface area (Å²) in [6.07, 6.45) is 14.0. The zero-order valence-electron chi connectivity index (χ0n) is 15.6. The van der Waals surface area contributed by atoms with Crippen LogP contribution in [0.4, 0.5) is 0 Å². The molecule has 0 heterocycles. The van der Waals surface area contributed by atoms with Gasteiger partial charge in [-0.3, -0.25) is 4.79 Å². The van der Waals surface area contributed by atoms with Gasteiger partial charge in [0, 0.05) is 6.92 Å². The van der Waals surface area contributed by atoms with Gasteiger partial charge in [0.25, 0.3) is 0 Å². The van der Waals surface area contributed by atoms with Crippen molar-refractivity contribution in [3.8, 4) is 0 Å². The van der Waals surface area contributed by atoms with Crippen LogP contribution in [-0.2, 0) is 25.5 Å². The van der Waals surface area contributed by atoms with E-state index in [4.69, 9.17) is 0 Å². The van der Waals surface area contributed by atoms with Crippen molar-refractivity contribution in [2.45, 2.75) is 89.4 Å². The second-order valence-electron chi connectivity index (χ2n) is 6.60. The van der Waals surface area contributed by atoms with Gasteiger partial charge in [-0.05, 0) is 30.5 Å². The summed E-state index contributed by atoms with van der Waals surface area (Å²) >= 11 is 0. The Bertz CT molecular complexity index is 591. The Morgan fingerprint density at radius 2 is 1.32 bits per heavy atom. The molecule has 0 aliphatic heterocycles. The van der Waals surface area contributed by atoms with Gasteiger partial charge in [0.2, 0.25) is 0 Å². The van der Waals surface area contributed by atoms with Crippen molar-refractivity contribution in [2.24, 2.45) is 0 Å². The number of unbranched alkanes of at least 4 members (excludes halogenated alkanes) is 9. The van der Waals surface area contributed by atoms with Crippen LogP contribution in [0.25, 0.3) is 0 Å². The molecule has 0 N–H and O–H groups in total. The Morgan fingerprint density at radius 3 is 1.80 bits per heavy atom. The normalized spacial score (nSPS) is 11.4. The largest absolute Gasteiger partial charge is 0.343 e. The molecule has 5 heteroatoms. The van der Waals surface area contributed by atoms with E-state index in [1.54, 1.807) is 12.1 Å². The predicted octanol–water partition coefficient (Wildman–Crippen LogP) is 5.40. The first-order valence-corrected chi connectivity index (χ1v) is 10.9. The molecule has 1 aromatic rings. The highest BCUT2D eigenvalue weighted by Crippen LogP contribution is 2.16. The minimum atomic E-state index is -3.97. The maximum absolute atomic E-state index is 11.8. The van der Waals surface area contributed by atoms with E-state index in [0.29, 0.717) is 0 Å². The lowest BCUT2D eigenvalue weighted by Crippen LogP contribution is -2.10. The smallest absolute Gasteiger partial charge is 0.341 e. The molecule has 4 nitrogen and oxygen atoms in total. The summed E-state index contributed by atoms with van der Waals surface area (Å²) in [5.41, 5.74) is 1.11. The lowest BCUT2D eigenvalue weighted by Gasteiger charge is -2.06. The van der Waals surface area contributed by atoms with Crippen molar-refractivity contribution in [3.05, 3.63) is 29.8 Å². The molecule has 0 unspecified atom stereocenters. The molecule has 0 amide bonds. The topological polar surface area (TPSA) is 60.4 Å². The average Bonchev–Trinajstić information content (AvgIpc) is 2.56. The van der Waals surface area contributed by atoms with Crippen molar-refractivity contribution in [1.29, 1.82) is 0 Å². The van der Waals surface area contributed by atoms with Crippen molar-refractivity contribution in [1.82, 2.24) is 0 Å². The Morgan fingerprint density at radius 1 is 0.840 bits per heavy atom. The van der Waals surface area contributed by atoms with Crippen LogP contribution in [0, 0.1) is 0 Å². The molecule has 0 aliphatic carbocycles. The molecular weight excluding hydrogens is 336 g/mol. The molecule has 0 saturated heterocycles. The van der Waals surface area contributed by atoms with E-state index in [9.17, 15) is 13.2 Å². The zero-order valence-corrected chi connectivity index (χ0v) is 16.4. The number of carbonyl (C=O) groups excluding carboxylic acids is 1. The first-order valence-electron chi connectivity index (χ1n) is 9.49. The summed E-state index contributed by atoms with van der Waals surface area (Å²) in [5.74, 6) is -0.825. The second-order valence-corrected chi connectivity index (χ2v) is 8.15. The second kappa shape index (κ2) is 12.1. The summed E-state index contributed by atoms with van der Waals surface area (Å²) in [7, 11) is -3.97. The van der Waals surface area contributed by atoms with Crippen molar-refractivity contribution < 1.29 is 17.4 Å². The Hall–Kier alpha value is -1.36. The van der Waals surface area contributed by atoms with Crippen LogP contribution in [0.5, 0.6) is 0 Å². The molecule has 0 radical (unpaired) electrons. The number of aryl methyl sites for hydroxylation is 1. The fourth-order valence-electron chi connectivity index (χ4n) is 2.84. The van der Waals surface area contributed by atoms with E-state index < -0.39 is 16.1 Å². The fraction of sp³-hybridized carbons (Fsp3) is 0.650. The Labute approximate surface area is 153 Å². The Kier molecular flexibility index (Phi) is 10.5. The lowest BCUT2D eigenvalue weighted by molar-refractivity contribution is -0.131. The maximum atomic E-state index is 11.8. The predicted molar refractivity (Wildman–Crippen MR) is 101 cm³/mol. The molecule has 25 heavy (non-hydrogen) atoms. The highest BCUT2D eigenvalue weighted by molar-refractivity contribution is 7.87.